The molecule has 1 aliphatic rings. The third-order valence-corrected chi connectivity index (χ3v) is 4.62. The fourth-order valence-corrected chi connectivity index (χ4v) is 3.06. The summed E-state index contributed by atoms with van der Waals surface area (Å²) in [6.45, 7) is 8.47. The molecule has 1 amide bonds. The number of aromatic nitrogens is 1. The highest BCUT2D eigenvalue weighted by Gasteiger charge is 2.20. The lowest BCUT2D eigenvalue weighted by atomic mass is 10.1. The first-order chi connectivity index (χ1) is 11.6. The second kappa shape index (κ2) is 7.45. The van der Waals surface area contributed by atoms with Gasteiger partial charge in [0.25, 0.3) is 0 Å². The van der Waals surface area contributed by atoms with Crippen molar-refractivity contribution in [3.63, 3.8) is 0 Å². The lowest BCUT2D eigenvalue weighted by Gasteiger charge is -2.36. The van der Waals surface area contributed by atoms with Gasteiger partial charge in [-0.15, -0.1) is 0 Å². The van der Waals surface area contributed by atoms with Gasteiger partial charge in [-0.3, -0.25) is 14.7 Å². The van der Waals surface area contributed by atoms with Crippen LogP contribution in [0, 0.1) is 13.8 Å². The summed E-state index contributed by atoms with van der Waals surface area (Å²) in [7, 11) is 0. The van der Waals surface area contributed by atoms with E-state index in [9.17, 15) is 4.79 Å². The molecular formula is C19H24N4O. The molecule has 0 bridgehead atoms. The lowest BCUT2D eigenvalue weighted by Crippen LogP contribution is -2.48. The highest BCUT2D eigenvalue weighted by Crippen LogP contribution is 2.23. The largest absolute Gasteiger partial charge is 0.369 e. The number of hydrogen-bond acceptors (Lipinski definition) is 4. The number of anilines is 2. The van der Waals surface area contributed by atoms with Crippen molar-refractivity contribution >= 4 is 17.3 Å². The molecule has 24 heavy (non-hydrogen) atoms. The molecule has 1 aromatic heterocycles. The molecule has 2 aromatic rings. The molecule has 1 saturated heterocycles. The Balaban J connectivity index is 1.52. The molecule has 1 N–H and O–H groups in total. The van der Waals surface area contributed by atoms with E-state index in [0.29, 0.717) is 6.54 Å². The summed E-state index contributed by atoms with van der Waals surface area (Å²) in [6, 6.07) is 10.1. The quantitative estimate of drug-likeness (QED) is 0.938. The minimum absolute atomic E-state index is 0.0291. The molecule has 1 aromatic carbocycles. The van der Waals surface area contributed by atoms with Gasteiger partial charge in [0.2, 0.25) is 5.91 Å². The normalized spacial score (nSPS) is 15.3. The van der Waals surface area contributed by atoms with Crippen molar-refractivity contribution in [2.24, 2.45) is 0 Å². The highest BCUT2D eigenvalue weighted by molar-refractivity contribution is 5.92. The minimum Gasteiger partial charge on any atom is -0.369 e. The van der Waals surface area contributed by atoms with Gasteiger partial charge in [0.05, 0.1) is 6.54 Å². The van der Waals surface area contributed by atoms with Crippen molar-refractivity contribution in [1.82, 2.24) is 9.88 Å². The van der Waals surface area contributed by atoms with Crippen molar-refractivity contribution in [1.29, 1.82) is 0 Å². The SMILES string of the molecule is Cc1cccc(N2CCN(CC(=O)Nc3ccncc3)CC2)c1C. The maximum Gasteiger partial charge on any atom is 0.238 e. The van der Waals surface area contributed by atoms with Crippen molar-refractivity contribution < 1.29 is 4.79 Å². The summed E-state index contributed by atoms with van der Waals surface area (Å²) in [5.41, 5.74) is 4.79. The molecule has 0 unspecified atom stereocenters. The third kappa shape index (κ3) is 3.92. The average Bonchev–Trinajstić information content (AvgIpc) is 2.59. The number of nitrogens with zero attached hydrogens (tertiary/aromatic N) is 3. The number of aryl methyl sites for hydroxylation is 1. The topological polar surface area (TPSA) is 48.5 Å². The second-order valence-electron chi connectivity index (χ2n) is 6.27. The minimum atomic E-state index is 0.0291. The van der Waals surface area contributed by atoms with Gasteiger partial charge in [0, 0.05) is 49.9 Å². The van der Waals surface area contributed by atoms with Gasteiger partial charge < -0.3 is 10.2 Å². The maximum absolute atomic E-state index is 12.1. The molecule has 1 fully saturated rings. The predicted octanol–water partition coefficient (Wildman–Crippen LogP) is 2.46. The van der Waals surface area contributed by atoms with Crippen LogP contribution in [0.25, 0.3) is 0 Å². The Bertz CT molecular complexity index is 694. The van der Waals surface area contributed by atoms with E-state index in [1.54, 1.807) is 24.5 Å². The van der Waals surface area contributed by atoms with E-state index in [1.165, 1.54) is 16.8 Å². The van der Waals surface area contributed by atoms with Gasteiger partial charge in [-0.05, 0) is 43.2 Å². The number of amides is 1. The zero-order valence-electron chi connectivity index (χ0n) is 14.3. The molecular weight excluding hydrogens is 300 g/mol. The molecule has 126 valence electrons. The fraction of sp³-hybridized carbons (Fsp3) is 0.368. The number of benzene rings is 1. The molecule has 0 radical (unpaired) electrons. The summed E-state index contributed by atoms with van der Waals surface area (Å²) < 4.78 is 0. The van der Waals surface area contributed by atoms with Crippen LogP contribution in [0.2, 0.25) is 0 Å². The highest BCUT2D eigenvalue weighted by atomic mass is 16.2. The molecule has 0 atom stereocenters. The Morgan fingerprint density at radius 1 is 1.08 bits per heavy atom. The number of piperazine rings is 1. The number of pyridine rings is 1. The first-order valence-electron chi connectivity index (χ1n) is 8.37. The summed E-state index contributed by atoms with van der Waals surface area (Å²) in [4.78, 5) is 20.7. The standard InChI is InChI=1S/C19H24N4O/c1-15-4-3-5-18(16(15)2)23-12-10-22(11-13-23)14-19(24)21-17-6-8-20-9-7-17/h3-9H,10-14H2,1-2H3,(H,20,21,24). The van der Waals surface area contributed by atoms with Gasteiger partial charge in [-0.2, -0.15) is 0 Å². The van der Waals surface area contributed by atoms with Gasteiger partial charge in [0.1, 0.15) is 0 Å². The van der Waals surface area contributed by atoms with E-state index < -0.39 is 0 Å². The van der Waals surface area contributed by atoms with Crippen LogP contribution >= 0.6 is 0 Å². The van der Waals surface area contributed by atoms with E-state index in [4.69, 9.17) is 0 Å². The summed E-state index contributed by atoms with van der Waals surface area (Å²) in [5, 5.41) is 2.91. The van der Waals surface area contributed by atoms with Gasteiger partial charge in [0.15, 0.2) is 0 Å². The first kappa shape index (κ1) is 16.5. The first-order valence-corrected chi connectivity index (χ1v) is 8.37. The smallest absolute Gasteiger partial charge is 0.238 e. The molecule has 0 saturated carbocycles. The van der Waals surface area contributed by atoms with Crippen molar-refractivity contribution in [2.75, 3.05) is 42.9 Å². The second-order valence-corrected chi connectivity index (χ2v) is 6.27. The zero-order valence-corrected chi connectivity index (χ0v) is 14.3. The zero-order chi connectivity index (χ0) is 16.9. The fourth-order valence-electron chi connectivity index (χ4n) is 3.06. The van der Waals surface area contributed by atoms with Crippen LogP contribution in [0.5, 0.6) is 0 Å². The number of nitrogens with one attached hydrogen (secondary N) is 1. The van der Waals surface area contributed by atoms with Gasteiger partial charge in [-0.25, -0.2) is 0 Å². The van der Waals surface area contributed by atoms with Crippen molar-refractivity contribution in [3.05, 3.63) is 53.9 Å². The number of carbonyl (C=O) groups excluding carboxylic acids is 1. The van der Waals surface area contributed by atoms with E-state index in [0.717, 1.165) is 31.9 Å². The van der Waals surface area contributed by atoms with Crippen LogP contribution in [-0.4, -0.2) is 48.5 Å². The average molecular weight is 324 g/mol. The molecule has 1 aliphatic heterocycles. The Labute approximate surface area is 143 Å². The van der Waals surface area contributed by atoms with Gasteiger partial charge in [-0.1, -0.05) is 12.1 Å². The van der Waals surface area contributed by atoms with Crippen LogP contribution in [-0.2, 0) is 4.79 Å². The molecule has 0 aliphatic carbocycles. The predicted molar refractivity (Wildman–Crippen MR) is 97.4 cm³/mol. The number of rotatable bonds is 4. The molecule has 3 rings (SSSR count). The van der Waals surface area contributed by atoms with E-state index in [1.807, 2.05) is 0 Å². The Kier molecular flexibility index (Phi) is 5.11. The summed E-state index contributed by atoms with van der Waals surface area (Å²) in [5.74, 6) is 0.0291. The van der Waals surface area contributed by atoms with Crippen LogP contribution in [0.1, 0.15) is 11.1 Å². The monoisotopic (exact) mass is 324 g/mol. The number of hydrogen-bond donors (Lipinski definition) is 1. The van der Waals surface area contributed by atoms with Crippen LogP contribution in [0.3, 0.4) is 0 Å². The molecule has 0 spiro atoms. The third-order valence-electron chi connectivity index (χ3n) is 4.62. The lowest BCUT2D eigenvalue weighted by molar-refractivity contribution is -0.117. The summed E-state index contributed by atoms with van der Waals surface area (Å²) >= 11 is 0. The maximum atomic E-state index is 12.1. The van der Waals surface area contributed by atoms with Gasteiger partial charge >= 0.3 is 0 Å². The summed E-state index contributed by atoms with van der Waals surface area (Å²) in [6.07, 6.45) is 3.36. The molecule has 5 nitrogen and oxygen atoms in total. The van der Waals surface area contributed by atoms with Crippen LogP contribution < -0.4 is 10.2 Å². The van der Waals surface area contributed by atoms with Crippen molar-refractivity contribution in [3.8, 4) is 0 Å². The number of carbonyl (C=O) groups is 1. The molecule has 2 heterocycles. The Morgan fingerprint density at radius 2 is 1.79 bits per heavy atom. The van der Waals surface area contributed by atoms with Crippen LogP contribution in [0.4, 0.5) is 11.4 Å². The molecule has 5 heteroatoms. The van der Waals surface area contributed by atoms with Crippen LogP contribution in [0.15, 0.2) is 42.7 Å². The Hall–Kier alpha value is -2.40. The Morgan fingerprint density at radius 3 is 2.50 bits per heavy atom. The van der Waals surface area contributed by atoms with Crippen molar-refractivity contribution in [2.45, 2.75) is 13.8 Å². The van der Waals surface area contributed by atoms with E-state index in [2.05, 4.69) is 52.1 Å². The van der Waals surface area contributed by atoms with E-state index in [-0.39, 0.29) is 5.91 Å². The van der Waals surface area contributed by atoms with E-state index >= 15 is 0 Å².